The Bertz CT molecular complexity index is 694. The van der Waals surface area contributed by atoms with Crippen molar-refractivity contribution in [3.8, 4) is 0 Å². The molecule has 0 aromatic rings. The first kappa shape index (κ1) is 18.1. The van der Waals surface area contributed by atoms with Crippen LogP contribution in [0.15, 0.2) is 0 Å². The number of sulfone groups is 1. The fourth-order valence-corrected chi connectivity index (χ4v) is 6.45. The molecule has 0 radical (unpaired) electrons. The largest absolute Gasteiger partial charge is 0.342 e. The van der Waals surface area contributed by atoms with Gasteiger partial charge in [-0.3, -0.25) is 4.79 Å². The minimum atomic E-state index is -3.68. The van der Waals surface area contributed by atoms with Crippen molar-refractivity contribution in [3.05, 3.63) is 0 Å². The second kappa shape index (κ2) is 6.54. The lowest BCUT2D eigenvalue weighted by molar-refractivity contribution is -0.135. The third-order valence-corrected chi connectivity index (χ3v) is 8.67. The molecule has 0 bridgehead atoms. The van der Waals surface area contributed by atoms with Crippen LogP contribution in [0.3, 0.4) is 0 Å². The zero-order chi connectivity index (χ0) is 17.5. The average Bonchev–Trinajstić information content (AvgIpc) is 2.97. The number of carbonyl (C=O) groups is 1. The van der Waals surface area contributed by atoms with E-state index in [1.807, 2.05) is 4.90 Å². The summed E-state index contributed by atoms with van der Waals surface area (Å²) in [5, 5.41) is -0.612. The van der Waals surface area contributed by atoms with Crippen molar-refractivity contribution in [3.63, 3.8) is 0 Å². The van der Waals surface area contributed by atoms with E-state index in [1.54, 1.807) is 0 Å². The van der Waals surface area contributed by atoms with Gasteiger partial charge in [-0.15, -0.1) is 0 Å². The van der Waals surface area contributed by atoms with Gasteiger partial charge in [-0.25, -0.2) is 8.42 Å². The van der Waals surface area contributed by atoms with Gasteiger partial charge in [0.15, 0.2) is 9.84 Å². The number of nitrogens with zero attached hydrogens (tertiary/aromatic N) is 3. The molecule has 3 aliphatic rings. The Morgan fingerprint density at radius 1 is 0.875 bits per heavy atom. The molecule has 1 unspecified atom stereocenters. The highest BCUT2D eigenvalue weighted by Gasteiger charge is 2.45. The molecule has 0 spiro atoms. The fourth-order valence-electron chi connectivity index (χ4n) is 3.57. The van der Waals surface area contributed by atoms with Crippen LogP contribution >= 0.6 is 0 Å². The maximum Gasteiger partial charge on any atom is 0.282 e. The molecule has 1 atom stereocenters. The Labute approximate surface area is 143 Å². The first-order chi connectivity index (χ1) is 11.2. The molecular weight excluding hydrogens is 354 g/mol. The smallest absolute Gasteiger partial charge is 0.282 e. The van der Waals surface area contributed by atoms with E-state index in [1.165, 1.54) is 8.61 Å². The number of hydrogen-bond acceptors (Lipinski definition) is 5. The quantitative estimate of drug-likeness (QED) is 0.643. The van der Waals surface area contributed by atoms with Gasteiger partial charge in [-0.1, -0.05) is 0 Å². The zero-order valence-corrected chi connectivity index (χ0v) is 15.6. The van der Waals surface area contributed by atoms with Gasteiger partial charge in [-0.05, 0) is 25.7 Å². The third kappa shape index (κ3) is 3.47. The molecule has 8 nitrogen and oxygen atoms in total. The Kier molecular flexibility index (Phi) is 4.93. The summed E-state index contributed by atoms with van der Waals surface area (Å²) in [7, 11) is -6.89. The fraction of sp³-hybridized carbons (Fsp3) is 0.929. The van der Waals surface area contributed by atoms with Crippen LogP contribution in [0.1, 0.15) is 25.7 Å². The lowest BCUT2D eigenvalue weighted by atomic mass is 9.98. The van der Waals surface area contributed by atoms with Crippen LogP contribution in [-0.2, 0) is 24.8 Å². The van der Waals surface area contributed by atoms with Crippen LogP contribution in [0.2, 0.25) is 0 Å². The molecule has 10 heteroatoms. The van der Waals surface area contributed by atoms with Crippen molar-refractivity contribution >= 4 is 26.0 Å². The predicted octanol–water partition coefficient (Wildman–Crippen LogP) is -0.706. The molecule has 24 heavy (non-hydrogen) atoms. The second-order valence-electron chi connectivity index (χ2n) is 7.01. The van der Waals surface area contributed by atoms with E-state index in [9.17, 15) is 21.6 Å². The summed E-state index contributed by atoms with van der Waals surface area (Å²) >= 11 is 0. The van der Waals surface area contributed by atoms with Gasteiger partial charge >= 0.3 is 0 Å². The highest BCUT2D eigenvalue weighted by atomic mass is 32.2. The summed E-state index contributed by atoms with van der Waals surface area (Å²) in [4.78, 5) is 14.4. The first-order valence-corrected chi connectivity index (χ1v) is 11.8. The highest BCUT2D eigenvalue weighted by molar-refractivity contribution is 7.91. The maximum absolute atomic E-state index is 12.7. The molecule has 0 aliphatic carbocycles. The number of carbonyl (C=O) groups excluding carboxylic acids is 1. The van der Waals surface area contributed by atoms with Gasteiger partial charge in [0.25, 0.3) is 10.2 Å². The van der Waals surface area contributed by atoms with Crippen LogP contribution < -0.4 is 0 Å². The van der Waals surface area contributed by atoms with Crippen LogP contribution in [-0.4, -0.2) is 87.0 Å². The van der Waals surface area contributed by atoms with Gasteiger partial charge in [0, 0.05) is 45.5 Å². The summed E-state index contributed by atoms with van der Waals surface area (Å²) < 4.78 is 50.8. The molecule has 3 saturated heterocycles. The monoisotopic (exact) mass is 379 g/mol. The van der Waals surface area contributed by atoms with Gasteiger partial charge in [0.05, 0.1) is 11.2 Å². The minimum Gasteiger partial charge on any atom is -0.342 e. The van der Waals surface area contributed by atoms with E-state index in [4.69, 9.17) is 0 Å². The lowest BCUT2D eigenvalue weighted by Gasteiger charge is -2.42. The Balaban J connectivity index is 1.63. The normalized spacial score (nSPS) is 28.0. The summed E-state index contributed by atoms with van der Waals surface area (Å²) in [6.07, 6.45) is 4.54. The van der Waals surface area contributed by atoms with E-state index in [0.29, 0.717) is 19.4 Å². The molecule has 0 saturated carbocycles. The van der Waals surface area contributed by atoms with Crippen LogP contribution in [0.4, 0.5) is 0 Å². The Hall–Kier alpha value is -0.710. The molecular formula is C14H25N3O5S2. The topological polar surface area (TPSA) is 95.1 Å². The Morgan fingerprint density at radius 2 is 1.50 bits per heavy atom. The molecule has 3 aliphatic heterocycles. The van der Waals surface area contributed by atoms with E-state index in [0.717, 1.165) is 32.2 Å². The Morgan fingerprint density at radius 3 is 2.08 bits per heavy atom. The second-order valence-corrected chi connectivity index (χ2v) is 11.3. The van der Waals surface area contributed by atoms with Crippen LogP contribution in [0, 0.1) is 5.92 Å². The van der Waals surface area contributed by atoms with Gasteiger partial charge in [-0.2, -0.15) is 17.0 Å². The summed E-state index contributed by atoms with van der Waals surface area (Å²) in [6, 6.07) is 0. The number of hydrogen-bond donors (Lipinski definition) is 0. The third-order valence-electron chi connectivity index (χ3n) is 5.22. The zero-order valence-electron chi connectivity index (χ0n) is 13.9. The molecule has 0 N–H and O–H groups in total. The first-order valence-electron chi connectivity index (χ1n) is 8.42. The highest BCUT2D eigenvalue weighted by Crippen LogP contribution is 2.27. The molecule has 3 rings (SSSR count). The molecule has 3 heterocycles. The average molecular weight is 380 g/mol. The van der Waals surface area contributed by atoms with E-state index >= 15 is 0 Å². The maximum atomic E-state index is 12.7. The van der Waals surface area contributed by atoms with Crippen molar-refractivity contribution in [2.75, 3.05) is 45.5 Å². The predicted molar refractivity (Wildman–Crippen MR) is 89.2 cm³/mol. The van der Waals surface area contributed by atoms with Gasteiger partial charge in [0.2, 0.25) is 5.91 Å². The van der Waals surface area contributed by atoms with E-state index in [2.05, 4.69) is 0 Å². The van der Waals surface area contributed by atoms with Crippen molar-refractivity contribution in [2.24, 2.45) is 5.92 Å². The molecule has 0 aromatic carbocycles. The molecule has 1 amide bonds. The van der Waals surface area contributed by atoms with Gasteiger partial charge in [0.1, 0.15) is 0 Å². The number of likely N-dealkylation sites (tertiary alicyclic amines) is 1. The molecule has 3 fully saturated rings. The van der Waals surface area contributed by atoms with Crippen LogP contribution in [0.5, 0.6) is 0 Å². The van der Waals surface area contributed by atoms with E-state index < -0.39 is 25.3 Å². The van der Waals surface area contributed by atoms with Crippen molar-refractivity contribution < 1.29 is 21.6 Å². The number of piperidine rings is 1. The molecule has 0 aromatic heterocycles. The standard InChI is InChI=1S/C14H25N3O5S2/c1-23(19,20)13-10-17(11-13)24(21,22)16-8-4-5-12(9-16)14(18)15-6-2-3-7-15/h12-13H,2-11H2,1H3. The number of rotatable bonds is 4. The minimum absolute atomic E-state index is 0.0163. The van der Waals surface area contributed by atoms with Gasteiger partial charge < -0.3 is 4.90 Å². The van der Waals surface area contributed by atoms with E-state index in [-0.39, 0.29) is 31.5 Å². The number of amides is 1. The van der Waals surface area contributed by atoms with Crippen molar-refractivity contribution in [1.29, 1.82) is 0 Å². The lowest BCUT2D eigenvalue weighted by Crippen LogP contribution is -2.61. The van der Waals surface area contributed by atoms with Crippen LogP contribution in [0.25, 0.3) is 0 Å². The van der Waals surface area contributed by atoms with Crippen molar-refractivity contribution in [1.82, 2.24) is 13.5 Å². The summed E-state index contributed by atoms with van der Waals surface area (Å²) in [6.45, 7) is 2.17. The summed E-state index contributed by atoms with van der Waals surface area (Å²) in [5.41, 5.74) is 0. The molecule has 138 valence electrons. The van der Waals surface area contributed by atoms with Crippen molar-refractivity contribution in [2.45, 2.75) is 30.9 Å². The summed E-state index contributed by atoms with van der Waals surface area (Å²) in [5.74, 6) is -0.219. The SMILES string of the molecule is CS(=O)(=O)C1CN(S(=O)(=O)N2CCCC(C(=O)N3CCCC3)C2)C1.